The van der Waals surface area contributed by atoms with Crippen LogP contribution in [0, 0.1) is 0 Å². The molecule has 0 saturated heterocycles. The number of aliphatic hydroxyl groups excluding tert-OH is 1. The number of hydrogen-bond acceptors (Lipinski definition) is 3. The molecular weight excluding hydrogens is 256 g/mol. The number of benzene rings is 1. The lowest BCUT2D eigenvalue weighted by Gasteiger charge is -2.19. The second-order valence-corrected chi connectivity index (χ2v) is 4.30. The average Bonchev–Trinajstić information content (AvgIpc) is 2.23. The van der Waals surface area contributed by atoms with E-state index in [1.165, 1.54) is 5.56 Å². The second-order valence-electron chi connectivity index (χ2n) is 3.45. The van der Waals surface area contributed by atoms with Crippen molar-refractivity contribution in [3.05, 3.63) is 28.2 Å². The minimum atomic E-state index is 0.194. The number of nitrogens with two attached hydrogens (primary N) is 1. The van der Waals surface area contributed by atoms with Crippen LogP contribution in [0.1, 0.15) is 12.5 Å². The topological polar surface area (TPSA) is 49.5 Å². The Kier molecular flexibility index (Phi) is 5.08. The first-order valence-corrected chi connectivity index (χ1v) is 5.83. The first-order chi connectivity index (χ1) is 7.17. The van der Waals surface area contributed by atoms with Gasteiger partial charge in [-0.05, 0) is 40.2 Å². The van der Waals surface area contributed by atoms with Gasteiger partial charge in [0, 0.05) is 23.2 Å². The third-order valence-corrected chi connectivity index (χ3v) is 3.05. The Morgan fingerprint density at radius 3 is 2.73 bits per heavy atom. The zero-order valence-electron chi connectivity index (χ0n) is 8.91. The van der Waals surface area contributed by atoms with Gasteiger partial charge in [-0.2, -0.15) is 0 Å². The molecule has 0 unspecified atom stereocenters. The van der Waals surface area contributed by atoms with Gasteiger partial charge < -0.3 is 10.8 Å². The molecule has 84 valence electrons. The lowest BCUT2D eigenvalue weighted by atomic mass is 10.2. The van der Waals surface area contributed by atoms with Gasteiger partial charge in [-0.25, -0.2) is 0 Å². The highest BCUT2D eigenvalue weighted by Gasteiger charge is 2.04. The van der Waals surface area contributed by atoms with Crippen LogP contribution in [0.4, 0.5) is 5.69 Å². The maximum absolute atomic E-state index is 8.87. The van der Waals surface area contributed by atoms with Gasteiger partial charge in [-0.15, -0.1) is 0 Å². The molecule has 3 N–H and O–H groups in total. The summed E-state index contributed by atoms with van der Waals surface area (Å²) in [5.41, 5.74) is 7.73. The van der Waals surface area contributed by atoms with E-state index in [-0.39, 0.29) is 6.61 Å². The average molecular weight is 273 g/mol. The summed E-state index contributed by atoms with van der Waals surface area (Å²) in [6.07, 6.45) is 0. The highest BCUT2D eigenvalue weighted by Crippen LogP contribution is 2.20. The van der Waals surface area contributed by atoms with Crippen LogP contribution in [0.15, 0.2) is 22.7 Å². The molecule has 0 bridgehead atoms. The molecule has 0 aliphatic heterocycles. The fraction of sp³-hybridized carbons (Fsp3) is 0.455. The molecule has 1 rings (SSSR count). The van der Waals surface area contributed by atoms with Gasteiger partial charge in [0.2, 0.25) is 0 Å². The van der Waals surface area contributed by atoms with Crippen LogP contribution in [0.5, 0.6) is 0 Å². The Bertz CT molecular complexity index is 317. The Hall–Kier alpha value is -0.580. The van der Waals surface area contributed by atoms with Crippen LogP contribution in [-0.4, -0.2) is 29.7 Å². The molecule has 1 aromatic carbocycles. The van der Waals surface area contributed by atoms with Gasteiger partial charge >= 0.3 is 0 Å². The van der Waals surface area contributed by atoms with Gasteiger partial charge in [0.1, 0.15) is 0 Å². The van der Waals surface area contributed by atoms with Crippen molar-refractivity contribution in [3.63, 3.8) is 0 Å². The summed E-state index contributed by atoms with van der Waals surface area (Å²) in [5.74, 6) is 0. The van der Waals surface area contributed by atoms with Crippen LogP contribution in [0.2, 0.25) is 0 Å². The molecule has 0 spiro atoms. The molecule has 0 radical (unpaired) electrons. The normalized spacial score (nSPS) is 10.9. The molecule has 15 heavy (non-hydrogen) atoms. The fourth-order valence-electron chi connectivity index (χ4n) is 1.44. The fourth-order valence-corrected chi connectivity index (χ4v) is 1.69. The third kappa shape index (κ3) is 3.81. The van der Waals surface area contributed by atoms with Crippen LogP contribution >= 0.6 is 15.9 Å². The Morgan fingerprint density at radius 2 is 2.20 bits per heavy atom. The summed E-state index contributed by atoms with van der Waals surface area (Å²) in [6.45, 7) is 4.73. The zero-order valence-corrected chi connectivity index (χ0v) is 10.5. The molecule has 0 aromatic heterocycles. The van der Waals surface area contributed by atoms with Crippen molar-refractivity contribution in [1.82, 2.24) is 4.90 Å². The van der Waals surface area contributed by atoms with Crippen molar-refractivity contribution in [1.29, 1.82) is 0 Å². The Morgan fingerprint density at radius 1 is 1.47 bits per heavy atom. The van der Waals surface area contributed by atoms with E-state index in [4.69, 9.17) is 10.8 Å². The smallest absolute Gasteiger partial charge is 0.0558 e. The van der Waals surface area contributed by atoms with E-state index >= 15 is 0 Å². The number of aliphatic hydroxyl groups is 1. The van der Waals surface area contributed by atoms with Crippen molar-refractivity contribution in [2.75, 3.05) is 25.4 Å². The van der Waals surface area contributed by atoms with Crippen LogP contribution in [0.3, 0.4) is 0 Å². The predicted molar refractivity (Wildman–Crippen MR) is 66.6 cm³/mol. The van der Waals surface area contributed by atoms with Gasteiger partial charge in [0.25, 0.3) is 0 Å². The van der Waals surface area contributed by atoms with Crippen molar-refractivity contribution < 1.29 is 5.11 Å². The van der Waals surface area contributed by atoms with Gasteiger partial charge in [0.05, 0.1) is 6.61 Å². The monoisotopic (exact) mass is 272 g/mol. The zero-order chi connectivity index (χ0) is 11.3. The first-order valence-electron chi connectivity index (χ1n) is 5.04. The van der Waals surface area contributed by atoms with Gasteiger partial charge in [0.15, 0.2) is 0 Å². The van der Waals surface area contributed by atoms with Crippen molar-refractivity contribution in [3.8, 4) is 0 Å². The lowest BCUT2D eigenvalue weighted by Crippen LogP contribution is -2.26. The number of nitrogens with zero attached hydrogens (tertiary/aromatic N) is 1. The molecule has 0 fully saturated rings. The largest absolute Gasteiger partial charge is 0.398 e. The van der Waals surface area contributed by atoms with Crippen molar-refractivity contribution in [2.45, 2.75) is 13.5 Å². The lowest BCUT2D eigenvalue weighted by molar-refractivity contribution is 0.197. The number of hydrogen-bond donors (Lipinski definition) is 2. The summed E-state index contributed by atoms with van der Waals surface area (Å²) in [7, 11) is 0. The third-order valence-electron chi connectivity index (χ3n) is 2.33. The van der Waals surface area contributed by atoms with Crippen LogP contribution < -0.4 is 5.73 Å². The van der Waals surface area contributed by atoms with Gasteiger partial charge in [-0.1, -0.05) is 13.0 Å². The molecule has 0 amide bonds. The highest BCUT2D eigenvalue weighted by molar-refractivity contribution is 9.10. The maximum atomic E-state index is 8.87. The maximum Gasteiger partial charge on any atom is 0.0558 e. The molecule has 4 heteroatoms. The number of rotatable bonds is 5. The number of anilines is 1. The Balaban J connectivity index is 2.66. The number of nitrogen functional groups attached to an aromatic ring is 1. The molecule has 0 atom stereocenters. The Labute approximate surface area is 99.0 Å². The van der Waals surface area contributed by atoms with E-state index in [2.05, 4.69) is 27.8 Å². The summed E-state index contributed by atoms with van der Waals surface area (Å²) in [4.78, 5) is 2.17. The van der Waals surface area contributed by atoms with E-state index in [9.17, 15) is 0 Å². The molecule has 0 saturated carbocycles. The first kappa shape index (κ1) is 12.5. The molecule has 3 nitrogen and oxygen atoms in total. The van der Waals surface area contributed by atoms with Crippen molar-refractivity contribution in [2.24, 2.45) is 0 Å². The van der Waals surface area contributed by atoms with Gasteiger partial charge in [-0.3, -0.25) is 4.90 Å². The SMILES string of the molecule is CCN(CCO)Cc1ccc(Br)c(N)c1. The minimum Gasteiger partial charge on any atom is -0.398 e. The standard InChI is InChI=1S/C11H17BrN2O/c1-2-14(5-6-15)8-9-3-4-10(12)11(13)7-9/h3-4,7,15H,2,5-6,8,13H2,1H3. The molecule has 1 aromatic rings. The van der Waals surface area contributed by atoms with Crippen LogP contribution in [-0.2, 0) is 6.54 Å². The second kappa shape index (κ2) is 6.10. The summed E-state index contributed by atoms with van der Waals surface area (Å²) < 4.78 is 0.927. The molecule has 0 heterocycles. The molecule has 0 aliphatic rings. The van der Waals surface area contributed by atoms with Crippen molar-refractivity contribution >= 4 is 21.6 Å². The number of halogens is 1. The summed E-state index contributed by atoms with van der Waals surface area (Å²) in [6, 6.07) is 5.96. The minimum absolute atomic E-state index is 0.194. The van der Waals surface area contributed by atoms with E-state index in [1.54, 1.807) is 0 Å². The molecular formula is C11H17BrN2O. The summed E-state index contributed by atoms with van der Waals surface area (Å²) >= 11 is 3.36. The van der Waals surface area contributed by atoms with E-state index in [0.29, 0.717) is 6.54 Å². The quantitative estimate of drug-likeness (QED) is 0.805. The van der Waals surface area contributed by atoms with E-state index in [0.717, 1.165) is 23.2 Å². The highest BCUT2D eigenvalue weighted by atomic mass is 79.9. The number of likely N-dealkylation sites (N-methyl/N-ethyl adjacent to an activating group) is 1. The van der Waals surface area contributed by atoms with Crippen LogP contribution in [0.25, 0.3) is 0 Å². The predicted octanol–water partition coefficient (Wildman–Crippen LogP) is 1.85. The van der Waals surface area contributed by atoms with E-state index < -0.39 is 0 Å². The summed E-state index contributed by atoms with van der Waals surface area (Å²) in [5, 5.41) is 8.87. The molecule has 0 aliphatic carbocycles. The van der Waals surface area contributed by atoms with E-state index in [1.807, 2.05) is 18.2 Å².